The fourth-order valence-corrected chi connectivity index (χ4v) is 2.69. The molecule has 0 atom stereocenters. The molecule has 1 amide bonds. The van der Waals surface area contributed by atoms with Gasteiger partial charge in [-0.05, 0) is 12.1 Å². The number of hydrogen-bond acceptors (Lipinski definition) is 4. The maximum atomic E-state index is 12.2. The molecule has 0 aliphatic rings. The summed E-state index contributed by atoms with van der Waals surface area (Å²) < 4.78 is 2.21. The number of hydrogen-bond donors (Lipinski definition) is 2. The molecule has 118 valence electrons. The Balaban J connectivity index is 1.97. The van der Waals surface area contributed by atoms with Crippen molar-refractivity contribution >= 4 is 29.6 Å². The molecule has 0 aliphatic heterocycles. The molecular weight excluding hydrogens is 310 g/mol. The van der Waals surface area contributed by atoms with E-state index in [0.29, 0.717) is 21.7 Å². The number of aromatic amines is 1. The number of nitrogens with one attached hydrogen (secondary N) is 2. The quantitative estimate of drug-likeness (QED) is 0.708. The lowest BCUT2D eigenvalue weighted by molar-refractivity contribution is 0.102. The molecule has 3 rings (SSSR count). The van der Waals surface area contributed by atoms with Gasteiger partial charge in [0.05, 0.1) is 0 Å². The van der Waals surface area contributed by atoms with Gasteiger partial charge < -0.3 is 5.32 Å². The van der Waals surface area contributed by atoms with Gasteiger partial charge in [-0.25, -0.2) is 4.52 Å². The summed E-state index contributed by atoms with van der Waals surface area (Å²) in [5.41, 5.74) is 1.67. The first kappa shape index (κ1) is 15.4. The Labute approximate surface area is 138 Å². The number of rotatable bonds is 2. The third-order valence-corrected chi connectivity index (χ3v) is 3.76. The van der Waals surface area contributed by atoms with Crippen molar-refractivity contribution in [1.29, 1.82) is 0 Å². The van der Waals surface area contributed by atoms with Crippen LogP contribution in [0.4, 0.5) is 5.82 Å². The molecule has 0 saturated heterocycles. The Hall–Kier alpha value is -2.54. The highest BCUT2D eigenvalue weighted by Crippen LogP contribution is 2.21. The number of nitrogens with zero attached hydrogens (tertiary/aromatic N) is 3. The molecule has 2 heterocycles. The Kier molecular flexibility index (Phi) is 3.73. The van der Waals surface area contributed by atoms with Crippen molar-refractivity contribution in [3.05, 3.63) is 52.3 Å². The van der Waals surface area contributed by atoms with Gasteiger partial charge in [0.25, 0.3) is 5.91 Å². The standard InChI is InChI=1S/C16H17N5OS/c1-16(2,3)13-15(23)21-12(18-19-13)9-11(20-21)17-14(22)10-7-5-4-6-8-10/h4-9,20H,1-3H3,(H,17,22). The van der Waals surface area contributed by atoms with Crippen LogP contribution in [0.3, 0.4) is 0 Å². The van der Waals surface area contributed by atoms with Gasteiger partial charge in [-0.1, -0.05) is 51.2 Å². The molecule has 6 nitrogen and oxygen atoms in total. The smallest absolute Gasteiger partial charge is 0.256 e. The van der Waals surface area contributed by atoms with Gasteiger partial charge in [-0.2, -0.15) is 0 Å². The SMILES string of the molecule is CC(C)(C)c1nnc2cc(NC(=O)c3ccccc3)[nH]n2c1=S. The molecule has 0 radical (unpaired) electrons. The normalized spacial score (nSPS) is 11.6. The van der Waals surface area contributed by atoms with Crippen LogP contribution in [0.2, 0.25) is 0 Å². The van der Waals surface area contributed by atoms with Crippen LogP contribution in [0.15, 0.2) is 36.4 Å². The molecule has 2 aromatic heterocycles. The summed E-state index contributed by atoms with van der Waals surface area (Å²) in [5, 5.41) is 14.3. The van der Waals surface area contributed by atoms with E-state index in [1.54, 1.807) is 22.7 Å². The summed E-state index contributed by atoms with van der Waals surface area (Å²) in [4.78, 5) is 12.2. The Morgan fingerprint density at radius 2 is 1.91 bits per heavy atom. The fourth-order valence-electron chi connectivity index (χ4n) is 2.20. The van der Waals surface area contributed by atoms with E-state index >= 15 is 0 Å². The van der Waals surface area contributed by atoms with Crippen molar-refractivity contribution in [3.63, 3.8) is 0 Å². The highest BCUT2D eigenvalue weighted by atomic mass is 32.1. The minimum atomic E-state index is -0.205. The largest absolute Gasteiger partial charge is 0.307 e. The van der Waals surface area contributed by atoms with Crippen LogP contribution in [-0.4, -0.2) is 25.7 Å². The molecule has 0 spiro atoms. The monoisotopic (exact) mass is 327 g/mol. The van der Waals surface area contributed by atoms with Crippen molar-refractivity contribution < 1.29 is 4.79 Å². The number of aromatic nitrogens is 4. The lowest BCUT2D eigenvalue weighted by atomic mass is 9.93. The molecule has 0 saturated carbocycles. The second-order valence-electron chi connectivity index (χ2n) is 6.29. The van der Waals surface area contributed by atoms with E-state index in [2.05, 4.69) is 20.6 Å². The van der Waals surface area contributed by atoms with Gasteiger partial charge in [-0.3, -0.25) is 9.89 Å². The van der Waals surface area contributed by atoms with Crippen LogP contribution in [0, 0.1) is 4.64 Å². The molecule has 0 aliphatic carbocycles. The van der Waals surface area contributed by atoms with Crippen molar-refractivity contribution in [3.8, 4) is 0 Å². The topological polar surface area (TPSA) is 75.1 Å². The van der Waals surface area contributed by atoms with Gasteiger partial charge in [0, 0.05) is 17.0 Å². The first-order chi connectivity index (χ1) is 10.9. The number of amides is 1. The highest BCUT2D eigenvalue weighted by Gasteiger charge is 2.20. The molecule has 2 N–H and O–H groups in total. The number of carbonyl (C=O) groups excluding carboxylic acids is 1. The van der Waals surface area contributed by atoms with Crippen LogP contribution in [0.1, 0.15) is 36.8 Å². The lowest BCUT2D eigenvalue weighted by Gasteiger charge is -2.16. The zero-order valence-corrected chi connectivity index (χ0v) is 13.9. The average Bonchev–Trinajstić information content (AvgIpc) is 2.90. The molecule has 7 heteroatoms. The van der Waals surface area contributed by atoms with Crippen LogP contribution in [-0.2, 0) is 5.41 Å². The van der Waals surface area contributed by atoms with E-state index in [4.69, 9.17) is 12.2 Å². The maximum absolute atomic E-state index is 12.2. The van der Waals surface area contributed by atoms with E-state index in [9.17, 15) is 4.79 Å². The van der Waals surface area contributed by atoms with E-state index in [1.807, 2.05) is 39.0 Å². The first-order valence-electron chi connectivity index (χ1n) is 7.21. The van der Waals surface area contributed by atoms with Crippen LogP contribution in [0.5, 0.6) is 0 Å². The third kappa shape index (κ3) is 3.00. The Bertz CT molecular complexity index is 921. The summed E-state index contributed by atoms with van der Waals surface area (Å²) in [6.45, 7) is 6.08. The maximum Gasteiger partial charge on any atom is 0.256 e. The van der Waals surface area contributed by atoms with Crippen LogP contribution < -0.4 is 5.32 Å². The molecule has 0 unspecified atom stereocenters. The van der Waals surface area contributed by atoms with E-state index in [-0.39, 0.29) is 11.3 Å². The minimum absolute atomic E-state index is 0.201. The van der Waals surface area contributed by atoms with Gasteiger partial charge in [-0.15, -0.1) is 10.2 Å². The Morgan fingerprint density at radius 1 is 1.22 bits per heavy atom. The molecule has 3 aromatic rings. The first-order valence-corrected chi connectivity index (χ1v) is 7.62. The van der Waals surface area contributed by atoms with Crippen LogP contribution in [0.25, 0.3) is 5.65 Å². The highest BCUT2D eigenvalue weighted by molar-refractivity contribution is 7.71. The van der Waals surface area contributed by atoms with Gasteiger partial charge >= 0.3 is 0 Å². The predicted molar refractivity (Wildman–Crippen MR) is 91.3 cm³/mol. The fraction of sp³-hybridized carbons (Fsp3) is 0.250. The zero-order valence-electron chi connectivity index (χ0n) is 13.1. The van der Waals surface area contributed by atoms with Gasteiger partial charge in [0.1, 0.15) is 11.5 Å². The number of benzene rings is 1. The number of anilines is 1. The average molecular weight is 327 g/mol. The molecule has 0 bridgehead atoms. The van der Waals surface area contributed by atoms with Crippen molar-refractivity contribution in [2.75, 3.05) is 5.32 Å². The summed E-state index contributed by atoms with van der Waals surface area (Å²) in [5.74, 6) is 0.318. The van der Waals surface area contributed by atoms with E-state index in [0.717, 1.165) is 5.69 Å². The second-order valence-corrected chi connectivity index (χ2v) is 6.67. The zero-order chi connectivity index (χ0) is 16.6. The second kappa shape index (κ2) is 5.58. The molecule has 0 fully saturated rings. The van der Waals surface area contributed by atoms with Gasteiger partial charge in [0.15, 0.2) is 10.3 Å². The predicted octanol–water partition coefficient (Wildman–Crippen LogP) is 3.34. The molecular formula is C16H17N5OS. The van der Waals surface area contributed by atoms with Crippen molar-refractivity contribution in [2.45, 2.75) is 26.2 Å². The van der Waals surface area contributed by atoms with Crippen molar-refractivity contribution in [2.24, 2.45) is 0 Å². The number of H-pyrrole nitrogens is 1. The van der Waals surface area contributed by atoms with E-state index < -0.39 is 0 Å². The summed E-state index contributed by atoms with van der Waals surface area (Å²) in [7, 11) is 0. The lowest BCUT2D eigenvalue weighted by Crippen LogP contribution is -2.17. The van der Waals surface area contributed by atoms with E-state index in [1.165, 1.54) is 0 Å². The minimum Gasteiger partial charge on any atom is -0.307 e. The third-order valence-electron chi connectivity index (χ3n) is 3.39. The summed E-state index contributed by atoms with van der Waals surface area (Å²) >= 11 is 5.48. The summed E-state index contributed by atoms with van der Waals surface area (Å²) in [6, 6.07) is 10.7. The van der Waals surface area contributed by atoms with Crippen LogP contribution >= 0.6 is 12.2 Å². The summed E-state index contributed by atoms with van der Waals surface area (Å²) in [6.07, 6.45) is 0. The van der Waals surface area contributed by atoms with Crippen molar-refractivity contribution in [1.82, 2.24) is 19.8 Å². The van der Waals surface area contributed by atoms with Gasteiger partial charge in [0.2, 0.25) is 0 Å². The molecule has 23 heavy (non-hydrogen) atoms. The molecule has 1 aromatic carbocycles. The number of fused-ring (bicyclic) bond motifs is 1. The Morgan fingerprint density at radius 3 is 2.57 bits per heavy atom. The number of carbonyl (C=O) groups is 1.